The first-order valence-electron chi connectivity index (χ1n) is 7.27. The second-order valence-corrected chi connectivity index (χ2v) is 7.98. The number of hydrogen-bond acceptors (Lipinski definition) is 4. The first-order chi connectivity index (χ1) is 10.3. The van der Waals surface area contributed by atoms with Gasteiger partial charge in [0.15, 0.2) is 4.34 Å². The van der Waals surface area contributed by atoms with Gasteiger partial charge in [-0.25, -0.2) is 4.98 Å². The van der Waals surface area contributed by atoms with E-state index in [1.54, 1.807) is 11.3 Å². The Bertz CT molecular complexity index is 794. The van der Waals surface area contributed by atoms with E-state index in [0.717, 1.165) is 5.52 Å². The maximum Gasteiger partial charge on any atom is 0.151 e. The number of nitrogens with zero attached hydrogens (tertiary/aromatic N) is 2. The van der Waals surface area contributed by atoms with Crippen LogP contribution in [0, 0.1) is 6.92 Å². The van der Waals surface area contributed by atoms with Crippen molar-refractivity contribution >= 4 is 33.3 Å². The smallest absolute Gasteiger partial charge is 0.151 e. The summed E-state index contributed by atoms with van der Waals surface area (Å²) in [5.74, 6) is 0. The Balaban J connectivity index is 1.66. The number of aryl methyl sites for hydroxylation is 2. The van der Waals surface area contributed by atoms with Crippen LogP contribution in [0.3, 0.4) is 0 Å². The van der Waals surface area contributed by atoms with Crippen LogP contribution in [0.15, 0.2) is 40.9 Å². The fourth-order valence-electron chi connectivity index (χ4n) is 2.86. The maximum absolute atomic E-state index is 4.77. The molecule has 1 aliphatic carbocycles. The van der Waals surface area contributed by atoms with Gasteiger partial charge >= 0.3 is 0 Å². The average molecular weight is 312 g/mol. The molecule has 0 amide bonds. The third-order valence-corrected chi connectivity index (χ3v) is 6.30. The molecule has 21 heavy (non-hydrogen) atoms. The van der Waals surface area contributed by atoms with Gasteiger partial charge in [-0.3, -0.25) is 4.98 Å². The number of fused-ring (bicyclic) bond motifs is 2. The summed E-state index contributed by atoms with van der Waals surface area (Å²) in [6.45, 7) is 2.13. The van der Waals surface area contributed by atoms with E-state index in [9.17, 15) is 0 Å². The number of benzene rings is 1. The van der Waals surface area contributed by atoms with E-state index in [-0.39, 0.29) is 0 Å². The third-order valence-electron chi connectivity index (χ3n) is 3.91. The molecule has 0 saturated heterocycles. The molecule has 0 N–H and O–H groups in total. The van der Waals surface area contributed by atoms with Crippen molar-refractivity contribution in [2.45, 2.75) is 35.8 Å². The molecule has 4 rings (SSSR count). The standard InChI is InChI=1S/C17H16N2S2/c1-11-7-8-13-15(10-11)21-17(19-13)20-14-6-2-4-12-5-3-9-18-16(12)14/h3,5,7-10,14H,2,4,6H2,1H3. The largest absolute Gasteiger partial charge is 0.260 e. The Morgan fingerprint density at radius 1 is 1.29 bits per heavy atom. The van der Waals surface area contributed by atoms with Crippen molar-refractivity contribution < 1.29 is 0 Å². The van der Waals surface area contributed by atoms with Crippen LogP contribution in [0.2, 0.25) is 0 Å². The molecule has 0 bridgehead atoms. The molecule has 0 spiro atoms. The average Bonchev–Trinajstić information content (AvgIpc) is 2.89. The zero-order chi connectivity index (χ0) is 14.2. The van der Waals surface area contributed by atoms with E-state index in [1.807, 2.05) is 24.0 Å². The van der Waals surface area contributed by atoms with Crippen molar-refractivity contribution in [3.05, 3.63) is 53.3 Å². The monoisotopic (exact) mass is 312 g/mol. The summed E-state index contributed by atoms with van der Waals surface area (Å²) in [7, 11) is 0. The van der Waals surface area contributed by atoms with Gasteiger partial charge in [0.25, 0.3) is 0 Å². The lowest BCUT2D eigenvalue weighted by molar-refractivity contribution is 0.656. The van der Waals surface area contributed by atoms with Crippen LogP contribution in [0.25, 0.3) is 10.2 Å². The molecule has 2 heterocycles. The van der Waals surface area contributed by atoms with Gasteiger partial charge in [0.1, 0.15) is 0 Å². The minimum atomic E-state index is 0.455. The van der Waals surface area contributed by atoms with E-state index in [2.05, 4.69) is 36.2 Å². The minimum Gasteiger partial charge on any atom is -0.260 e. The number of hydrogen-bond donors (Lipinski definition) is 0. The van der Waals surface area contributed by atoms with Crippen LogP contribution in [-0.2, 0) is 6.42 Å². The molecule has 4 heteroatoms. The molecule has 2 nitrogen and oxygen atoms in total. The predicted octanol–water partition coefficient (Wildman–Crippen LogP) is 5.17. The fraction of sp³-hybridized carbons (Fsp3) is 0.294. The van der Waals surface area contributed by atoms with E-state index >= 15 is 0 Å². The van der Waals surface area contributed by atoms with Gasteiger partial charge in [0.05, 0.1) is 21.2 Å². The lowest BCUT2D eigenvalue weighted by Crippen LogP contribution is -2.08. The Morgan fingerprint density at radius 2 is 2.24 bits per heavy atom. The molecule has 3 aromatic rings. The highest BCUT2D eigenvalue weighted by Gasteiger charge is 2.23. The van der Waals surface area contributed by atoms with E-state index in [4.69, 9.17) is 4.98 Å². The molecule has 0 radical (unpaired) electrons. The number of thiazole rings is 1. The first-order valence-corrected chi connectivity index (χ1v) is 8.97. The van der Waals surface area contributed by atoms with Crippen LogP contribution in [0.5, 0.6) is 0 Å². The highest BCUT2D eigenvalue weighted by Crippen LogP contribution is 2.44. The molecule has 0 saturated carbocycles. The Hall–Kier alpha value is -1.39. The second kappa shape index (κ2) is 5.43. The van der Waals surface area contributed by atoms with Crippen LogP contribution in [0.4, 0.5) is 0 Å². The number of pyridine rings is 1. The zero-order valence-electron chi connectivity index (χ0n) is 11.9. The molecule has 1 aromatic carbocycles. The lowest BCUT2D eigenvalue weighted by atomic mass is 9.96. The summed E-state index contributed by atoms with van der Waals surface area (Å²) in [6, 6.07) is 10.7. The summed E-state index contributed by atoms with van der Waals surface area (Å²) in [5, 5.41) is 0.455. The van der Waals surface area contributed by atoms with Crippen molar-refractivity contribution in [3.63, 3.8) is 0 Å². The Labute approximate surface area is 132 Å². The normalized spacial score (nSPS) is 17.9. The highest BCUT2D eigenvalue weighted by atomic mass is 32.2. The molecular formula is C17H16N2S2. The van der Waals surface area contributed by atoms with E-state index in [0.29, 0.717) is 5.25 Å². The van der Waals surface area contributed by atoms with Crippen molar-refractivity contribution in [2.75, 3.05) is 0 Å². The van der Waals surface area contributed by atoms with Crippen LogP contribution in [-0.4, -0.2) is 9.97 Å². The molecule has 1 aliphatic rings. The molecule has 2 aromatic heterocycles. The van der Waals surface area contributed by atoms with Gasteiger partial charge in [-0.2, -0.15) is 0 Å². The van der Waals surface area contributed by atoms with Gasteiger partial charge in [-0.15, -0.1) is 11.3 Å². The molecule has 0 fully saturated rings. The van der Waals surface area contributed by atoms with Gasteiger partial charge < -0.3 is 0 Å². The summed E-state index contributed by atoms with van der Waals surface area (Å²) in [5.41, 5.74) is 5.10. The van der Waals surface area contributed by atoms with Crippen LogP contribution in [0.1, 0.15) is 34.9 Å². The van der Waals surface area contributed by atoms with Gasteiger partial charge in [-0.1, -0.05) is 23.9 Å². The van der Waals surface area contributed by atoms with Crippen molar-refractivity contribution in [1.29, 1.82) is 0 Å². The third kappa shape index (κ3) is 2.58. The van der Waals surface area contributed by atoms with Crippen molar-refractivity contribution in [1.82, 2.24) is 9.97 Å². The zero-order valence-corrected chi connectivity index (χ0v) is 13.5. The molecule has 1 unspecified atom stereocenters. The molecular weight excluding hydrogens is 296 g/mol. The fourth-order valence-corrected chi connectivity index (χ4v) is 5.47. The maximum atomic E-state index is 4.77. The van der Waals surface area contributed by atoms with Crippen LogP contribution >= 0.6 is 23.1 Å². The van der Waals surface area contributed by atoms with E-state index < -0.39 is 0 Å². The minimum absolute atomic E-state index is 0.455. The molecule has 1 atom stereocenters. The number of rotatable bonds is 2. The van der Waals surface area contributed by atoms with Crippen molar-refractivity contribution in [3.8, 4) is 0 Å². The Morgan fingerprint density at radius 3 is 3.19 bits per heavy atom. The molecule has 106 valence electrons. The SMILES string of the molecule is Cc1ccc2nc(SC3CCCc4cccnc43)sc2c1. The highest BCUT2D eigenvalue weighted by molar-refractivity contribution is 8.01. The first kappa shape index (κ1) is 13.3. The number of thioether (sulfide) groups is 1. The number of aromatic nitrogens is 2. The topological polar surface area (TPSA) is 25.8 Å². The van der Waals surface area contributed by atoms with Gasteiger partial charge in [-0.05, 0) is 55.5 Å². The van der Waals surface area contributed by atoms with Gasteiger partial charge in [0, 0.05) is 6.20 Å². The summed E-state index contributed by atoms with van der Waals surface area (Å²) in [6.07, 6.45) is 5.53. The van der Waals surface area contributed by atoms with Crippen LogP contribution < -0.4 is 0 Å². The lowest BCUT2D eigenvalue weighted by Gasteiger charge is -2.22. The molecule has 0 aliphatic heterocycles. The quantitative estimate of drug-likeness (QED) is 0.653. The summed E-state index contributed by atoms with van der Waals surface area (Å²) < 4.78 is 2.45. The summed E-state index contributed by atoms with van der Waals surface area (Å²) >= 11 is 3.69. The Kier molecular flexibility index (Phi) is 3.43. The van der Waals surface area contributed by atoms with E-state index in [1.165, 1.54) is 45.1 Å². The second-order valence-electron chi connectivity index (χ2n) is 5.50. The summed E-state index contributed by atoms with van der Waals surface area (Å²) in [4.78, 5) is 9.40. The predicted molar refractivity (Wildman–Crippen MR) is 90.1 cm³/mol. The van der Waals surface area contributed by atoms with Crippen molar-refractivity contribution in [2.24, 2.45) is 0 Å². The van der Waals surface area contributed by atoms with Gasteiger partial charge in [0.2, 0.25) is 0 Å².